The standard InChI is InChI=1S/C12H12N4O3/c1-16(6-10-13-7-14-15-10)11(17)8-2-4-9(5-3-8)12(18)19/h2-5,7H,6H2,1H3,(H,18,19)(H,13,14,15). The van der Waals surface area contributed by atoms with E-state index in [9.17, 15) is 9.59 Å². The molecule has 0 radical (unpaired) electrons. The van der Waals surface area contributed by atoms with Crippen LogP contribution in [0.5, 0.6) is 0 Å². The van der Waals surface area contributed by atoms with Crippen molar-refractivity contribution in [3.63, 3.8) is 0 Å². The van der Waals surface area contributed by atoms with Crippen molar-refractivity contribution in [1.82, 2.24) is 20.1 Å². The van der Waals surface area contributed by atoms with Gasteiger partial charge in [0.15, 0.2) is 0 Å². The Morgan fingerprint density at radius 2 is 1.89 bits per heavy atom. The molecule has 0 bridgehead atoms. The molecule has 0 aliphatic heterocycles. The number of nitrogens with zero attached hydrogens (tertiary/aromatic N) is 3. The molecule has 0 unspecified atom stereocenters. The third kappa shape index (κ3) is 2.95. The molecule has 0 fully saturated rings. The zero-order valence-electron chi connectivity index (χ0n) is 10.2. The normalized spacial score (nSPS) is 10.2. The molecule has 2 aromatic rings. The summed E-state index contributed by atoms with van der Waals surface area (Å²) in [6.07, 6.45) is 1.37. The van der Waals surface area contributed by atoms with E-state index in [2.05, 4.69) is 15.2 Å². The lowest BCUT2D eigenvalue weighted by molar-refractivity contribution is 0.0695. The molecule has 1 heterocycles. The van der Waals surface area contributed by atoms with Gasteiger partial charge in [-0.05, 0) is 24.3 Å². The largest absolute Gasteiger partial charge is 0.478 e. The fourth-order valence-corrected chi connectivity index (χ4v) is 1.58. The van der Waals surface area contributed by atoms with Crippen LogP contribution in [0.1, 0.15) is 26.5 Å². The summed E-state index contributed by atoms with van der Waals surface area (Å²) in [6, 6.07) is 5.78. The molecule has 1 aromatic carbocycles. The Morgan fingerprint density at radius 3 is 2.42 bits per heavy atom. The van der Waals surface area contributed by atoms with Crippen LogP contribution < -0.4 is 0 Å². The van der Waals surface area contributed by atoms with Gasteiger partial charge in [0.25, 0.3) is 5.91 Å². The van der Waals surface area contributed by atoms with E-state index in [0.29, 0.717) is 17.9 Å². The Kier molecular flexibility index (Phi) is 3.56. The first kappa shape index (κ1) is 12.7. The second-order valence-corrected chi connectivity index (χ2v) is 3.98. The van der Waals surface area contributed by atoms with Gasteiger partial charge in [-0.25, -0.2) is 9.78 Å². The summed E-state index contributed by atoms with van der Waals surface area (Å²) in [5.41, 5.74) is 0.571. The Balaban J connectivity index is 2.08. The minimum Gasteiger partial charge on any atom is -0.478 e. The van der Waals surface area contributed by atoms with Crippen LogP contribution in [0.2, 0.25) is 0 Å². The average molecular weight is 260 g/mol. The Labute approximate surface area is 108 Å². The first-order valence-electron chi connectivity index (χ1n) is 5.51. The highest BCUT2D eigenvalue weighted by molar-refractivity contribution is 5.95. The zero-order chi connectivity index (χ0) is 13.8. The minimum atomic E-state index is -1.02. The molecule has 0 spiro atoms. The van der Waals surface area contributed by atoms with E-state index in [0.717, 1.165) is 0 Å². The highest BCUT2D eigenvalue weighted by Crippen LogP contribution is 2.08. The van der Waals surface area contributed by atoms with E-state index in [1.165, 1.54) is 35.5 Å². The van der Waals surface area contributed by atoms with E-state index in [1.807, 2.05) is 0 Å². The van der Waals surface area contributed by atoms with Crippen LogP contribution in [0.25, 0.3) is 0 Å². The third-order valence-corrected chi connectivity index (χ3v) is 2.58. The van der Waals surface area contributed by atoms with E-state index >= 15 is 0 Å². The molecular weight excluding hydrogens is 248 g/mol. The van der Waals surface area contributed by atoms with Crippen LogP contribution in [-0.2, 0) is 6.54 Å². The molecular formula is C12H12N4O3. The fourth-order valence-electron chi connectivity index (χ4n) is 1.58. The van der Waals surface area contributed by atoms with Crippen molar-refractivity contribution in [2.24, 2.45) is 0 Å². The van der Waals surface area contributed by atoms with Crippen molar-refractivity contribution in [3.8, 4) is 0 Å². The summed E-state index contributed by atoms with van der Waals surface area (Å²) in [4.78, 5) is 28.2. The number of rotatable bonds is 4. The molecule has 2 rings (SSSR count). The predicted molar refractivity (Wildman–Crippen MR) is 65.6 cm³/mol. The first-order valence-corrected chi connectivity index (χ1v) is 5.51. The van der Waals surface area contributed by atoms with Gasteiger partial charge < -0.3 is 10.0 Å². The number of carbonyl (C=O) groups is 2. The first-order chi connectivity index (χ1) is 9.08. The van der Waals surface area contributed by atoms with Crippen molar-refractivity contribution < 1.29 is 14.7 Å². The number of aromatic amines is 1. The fraction of sp³-hybridized carbons (Fsp3) is 0.167. The summed E-state index contributed by atoms with van der Waals surface area (Å²) < 4.78 is 0. The Bertz CT molecular complexity index is 578. The van der Waals surface area contributed by atoms with Gasteiger partial charge in [0, 0.05) is 12.6 Å². The summed E-state index contributed by atoms with van der Waals surface area (Å²) in [5.74, 6) is -0.652. The van der Waals surface area contributed by atoms with Gasteiger partial charge in [0.2, 0.25) is 0 Å². The molecule has 2 N–H and O–H groups in total. The van der Waals surface area contributed by atoms with Gasteiger partial charge in [0.1, 0.15) is 12.2 Å². The van der Waals surface area contributed by atoms with Gasteiger partial charge in [-0.15, -0.1) is 0 Å². The number of carboxylic acid groups (broad SMARTS) is 1. The number of amides is 1. The number of hydrogen-bond acceptors (Lipinski definition) is 4. The lowest BCUT2D eigenvalue weighted by Crippen LogP contribution is -2.26. The summed E-state index contributed by atoms with van der Waals surface area (Å²) in [7, 11) is 1.63. The highest BCUT2D eigenvalue weighted by Gasteiger charge is 2.13. The Hall–Kier alpha value is -2.70. The van der Waals surface area contributed by atoms with Crippen molar-refractivity contribution >= 4 is 11.9 Å². The number of aromatic nitrogens is 3. The molecule has 0 aliphatic rings. The summed E-state index contributed by atoms with van der Waals surface area (Å²) in [6.45, 7) is 0.305. The summed E-state index contributed by atoms with van der Waals surface area (Å²) in [5, 5.41) is 15.1. The van der Waals surface area contributed by atoms with Crippen LogP contribution in [0, 0.1) is 0 Å². The molecule has 1 amide bonds. The maximum Gasteiger partial charge on any atom is 0.335 e. The second-order valence-electron chi connectivity index (χ2n) is 3.98. The zero-order valence-corrected chi connectivity index (χ0v) is 10.2. The van der Waals surface area contributed by atoms with Gasteiger partial charge in [-0.1, -0.05) is 0 Å². The smallest absolute Gasteiger partial charge is 0.335 e. The molecule has 0 saturated carbocycles. The van der Waals surface area contributed by atoms with Crippen LogP contribution in [0.15, 0.2) is 30.6 Å². The van der Waals surface area contributed by atoms with Gasteiger partial charge in [-0.2, -0.15) is 5.10 Å². The van der Waals surface area contributed by atoms with Gasteiger partial charge in [0.05, 0.1) is 12.1 Å². The number of nitrogens with one attached hydrogen (secondary N) is 1. The minimum absolute atomic E-state index is 0.148. The number of H-pyrrole nitrogens is 1. The molecule has 98 valence electrons. The SMILES string of the molecule is CN(Cc1ncn[nH]1)C(=O)c1ccc(C(=O)O)cc1. The van der Waals surface area contributed by atoms with E-state index in [-0.39, 0.29) is 11.5 Å². The van der Waals surface area contributed by atoms with Crippen LogP contribution in [0.4, 0.5) is 0 Å². The lowest BCUT2D eigenvalue weighted by Gasteiger charge is -2.15. The van der Waals surface area contributed by atoms with Crippen molar-refractivity contribution in [3.05, 3.63) is 47.5 Å². The molecule has 1 aromatic heterocycles. The van der Waals surface area contributed by atoms with Crippen LogP contribution >= 0.6 is 0 Å². The van der Waals surface area contributed by atoms with Crippen molar-refractivity contribution in [1.29, 1.82) is 0 Å². The second kappa shape index (κ2) is 5.30. The van der Waals surface area contributed by atoms with Gasteiger partial charge >= 0.3 is 5.97 Å². The molecule has 0 saturated heterocycles. The molecule has 7 heteroatoms. The third-order valence-electron chi connectivity index (χ3n) is 2.58. The number of aromatic carboxylic acids is 1. The summed E-state index contributed by atoms with van der Waals surface area (Å²) >= 11 is 0. The number of carbonyl (C=O) groups excluding carboxylic acids is 1. The van der Waals surface area contributed by atoms with E-state index in [1.54, 1.807) is 7.05 Å². The van der Waals surface area contributed by atoms with E-state index < -0.39 is 5.97 Å². The quantitative estimate of drug-likeness (QED) is 0.846. The average Bonchev–Trinajstić information content (AvgIpc) is 2.90. The molecule has 7 nitrogen and oxygen atoms in total. The molecule has 0 atom stereocenters. The predicted octanol–water partition coefficient (Wildman–Crippen LogP) is 0.775. The number of benzene rings is 1. The van der Waals surface area contributed by atoms with E-state index in [4.69, 9.17) is 5.11 Å². The van der Waals surface area contributed by atoms with Crippen LogP contribution in [-0.4, -0.2) is 44.1 Å². The van der Waals surface area contributed by atoms with Crippen molar-refractivity contribution in [2.45, 2.75) is 6.54 Å². The monoisotopic (exact) mass is 260 g/mol. The number of carboxylic acids is 1. The highest BCUT2D eigenvalue weighted by atomic mass is 16.4. The Morgan fingerprint density at radius 1 is 1.26 bits per heavy atom. The maximum absolute atomic E-state index is 12.1. The number of hydrogen-bond donors (Lipinski definition) is 2. The lowest BCUT2D eigenvalue weighted by atomic mass is 10.1. The maximum atomic E-state index is 12.1. The molecule has 19 heavy (non-hydrogen) atoms. The topological polar surface area (TPSA) is 99.2 Å². The van der Waals surface area contributed by atoms with Gasteiger partial charge in [-0.3, -0.25) is 9.89 Å². The van der Waals surface area contributed by atoms with Crippen molar-refractivity contribution in [2.75, 3.05) is 7.05 Å². The molecule has 0 aliphatic carbocycles. The van der Waals surface area contributed by atoms with Crippen LogP contribution in [0.3, 0.4) is 0 Å².